The van der Waals surface area contributed by atoms with Crippen LogP contribution in [0.2, 0.25) is 0 Å². The summed E-state index contributed by atoms with van der Waals surface area (Å²) < 4.78 is 1.85. The number of amides is 1. The predicted octanol–water partition coefficient (Wildman–Crippen LogP) is 4.69. The van der Waals surface area contributed by atoms with Crippen LogP contribution in [0.4, 0.5) is 5.13 Å². The van der Waals surface area contributed by atoms with Crippen LogP contribution in [0.3, 0.4) is 0 Å². The van der Waals surface area contributed by atoms with Crippen molar-refractivity contribution in [2.45, 2.75) is 57.7 Å². The lowest BCUT2D eigenvalue weighted by molar-refractivity contribution is -0.113. The maximum atomic E-state index is 13.3. The Morgan fingerprint density at radius 2 is 2.04 bits per heavy atom. The maximum absolute atomic E-state index is 13.3. The van der Waals surface area contributed by atoms with Crippen LogP contribution in [0, 0.1) is 20.8 Å². The van der Waals surface area contributed by atoms with E-state index >= 15 is 0 Å². The van der Waals surface area contributed by atoms with Gasteiger partial charge in [0.25, 0.3) is 5.56 Å². The van der Waals surface area contributed by atoms with Crippen molar-refractivity contribution in [3.05, 3.63) is 31.9 Å². The molecule has 4 rings (SSSR count). The van der Waals surface area contributed by atoms with Gasteiger partial charge in [-0.05, 0) is 39.2 Å². The Balaban J connectivity index is 1.64. The quantitative estimate of drug-likeness (QED) is 0.466. The monoisotopic (exact) mass is 434 g/mol. The molecule has 6 nitrogen and oxygen atoms in total. The Kier molecular flexibility index (Phi) is 5.57. The van der Waals surface area contributed by atoms with Crippen molar-refractivity contribution in [3.63, 3.8) is 0 Å². The summed E-state index contributed by atoms with van der Waals surface area (Å²) in [6, 6.07) is 0.177. The summed E-state index contributed by atoms with van der Waals surface area (Å²) in [4.78, 5) is 36.6. The van der Waals surface area contributed by atoms with E-state index in [4.69, 9.17) is 4.98 Å². The molecule has 28 heavy (non-hydrogen) atoms. The fourth-order valence-corrected chi connectivity index (χ4v) is 6.21. The standard InChI is InChI=1S/C19H22N4O2S3/c1-10-8-26-18(20-10)21-14(24)9-27-19-22-16-15(11(2)12(3)28-16)17(25)23(19)13-6-4-5-7-13/h8,13H,4-7,9H2,1-3H3,(H,20,21,24). The van der Waals surface area contributed by atoms with Crippen LogP contribution in [0.1, 0.15) is 47.9 Å². The Morgan fingerprint density at radius 1 is 1.29 bits per heavy atom. The number of carbonyl (C=O) groups excluding carboxylic acids is 1. The van der Waals surface area contributed by atoms with E-state index < -0.39 is 0 Å². The van der Waals surface area contributed by atoms with Gasteiger partial charge >= 0.3 is 0 Å². The Hall–Kier alpha value is -1.71. The van der Waals surface area contributed by atoms with E-state index in [1.54, 1.807) is 11.3 Å². The van der Waals surface area contributed by atoms with Gasteiger partial charge < -0.3 is 5.32 Å². The lowest BCUT2D eigenvalue weighted by Crippen LogP contribution is -2.27. The van der Waals surface area contributed by atoms with Crippen molar-refractivity contribution in [1.82, 2.24) is 14.5 Å². The second-order valence-electron chi connectivity index (χ2n) is 7.10. The predicted molar refractivity (Wildman–Crippen MR) is 117 cm³/mol. The third-order valence-electron chi connectivity index (χ3n) is 5.09. The molecule has 0 atom stereocenters. The van der Waals surface area contributed by atoms with E-state index in [-0.39, 0.29) is 23.3 Å². The van der Waals surface area contributed by atoms with Crippen LogP contribution in [-0.2, 0) is 4.79 Å². The lowest BCUT2D eigenvalue weighted by Gasteiger charge is -2.17. The fourth-order valence-electron chi connectivity index (χ4n) is 3.57. The summed E-state index contributed by atoms with van der Waals surface area (Å²) >= 11 is 4.30. The average molecular weight is 435 g/mol. The number of fused-ring (bicyclic) bond motifs is 1. The van der Waals surface area contributed by atoms with Crippen LogP contribution in [0.5, 0.6) is 0 Å². The molecule has 148 valence electrons. The Labute approximate surface area is 175 Å². The molecule has 3 heterocycles. The van der Waals surface area contributed by atoms with Gasteiger partial charge in [0.15, 0.2) is 10.3 Å². The van der Waals surface area contributed by atoms with Gasteiger partial charge in [-0.25, -0.2) is 9.97 Å². The third kappa shape index (κ3) is 3.75. The zero-order valence-electron chi connectivity index (χ0n) is 16.1. The van der Waals surface area contributed by atoms with Crippen molar-refractivity contribution in [3.8, 4) is 0 Å². The number of hydrogen-bond donors (Lipinski definition) is 1. The largest absolute Gasteiger partial charge is 0.301 e. The lowest BCUT2D eigenvalue weighted by atomic mass is 10.2. The first kappa shape index (κ1) is 19.6. The molecule has 0 aliphatic heterocycles. The summed E-state index contributed by atoms with van der Waals surface area (Å²) in [5.41, 5.74) is 1.95. The molecule has 9 heteroatoms. The highest BCUT2D eigenvalue weighted by molar-refractivity contribution is 7.99. The summed E-state index contributed by atoms with van der Waals surface area (Å²) in [5.74, 6) is 0.0670. The molecule has 0 saturated heterocycles. The highest BCUT2D eigenvalue weighted by Gasteiger charge is 2.25. The van der Waals surface area contributed by atoms with Crippen LogP contribution in [-0.4, -0.2) is 26.2 Å². The number of aromatic nitrogens is 3. The molecule has 0 spiro atoms. The van der Waals surface area contributed by atoms with Crippen LogP contribution >= 0.6 is 34.4 Å². The van der Waals surface area contributed by atoms with Crippen molar-refractivity contribution in [2.24, 2.45) is 0 Å². The van der Waals surface area contributed by atoms with Crippen molar-refractivity contribution >= 4 is 55.7 Å². The van der Waals surface area contributed by atoms with Gasteiger partial charge in [-0.1, -0.05) is 24.6 Å². The number of nitrogens with zero attached hydrogens (tertiary/aromatic N) is 3. The number of carbonyl (C=O) groups is 1. The molecule has 3 aromatic rings. The maximum Gasteiger partial charge on any atom is 0.263 e. The molecule has 1 N–H and O–H groups in total. The zero-order chi connectivity index (χ0) is 19.8. The summed E-state index contributed by atoms with van der Waals surface area (Å²) in [5, 5.41) is 6.71. The molecule has 1 aliphatic carbocycles. The summed E-state index contributed by atoms with van der Waals surface area (Å²) in [6.07, 6.45) is 4.25. The van der Waals surface area contributed by atoms with E-state index in [0.29, 0.717) is 10.3 Å². The smallest absolute Gasteiger partial charge is 0.263 e. The molecule has 1 fully saturated rings. The van der Waals surface area contributed by atoms with E-state index in [0.717, 1.165) is 52.0 Å². The minimum Gasteiger partial charge on any atom is -0.301 e. The van der Waals surface area contributed by atoms with Gasteiger partial charge in [-0.15, -0.1) is 22.7 Å². The van der Waals surface area contributed by atoms with Gasteiger partial charge in [0.1, 0.15) is 4.83 Å². The molecule has 0 radical (unpaired) electrons. The highest BCUT2D eigenvalue weighted by Crippen LogP contribution is 2.34. The SMILES string of the molecule is Cc1csc(NC(=O)CSc2nc3sc(C)c(C)c3c(=O)n2C2CCCC2)n1. The Bertz CT molecular complexity index is 1090. The number of hydrogen-bond acceptors (Lipinski definition) is 7. The van der Waals surface area contributed by atoms with E-state index in [1.807, 2.05) is 30.7 Å². The minimum atomic E-state index is -0.134. The number of thioether (sulfide) groups is 1. The van der Waals surface area contributed by atoms with Crippen molar-refractivity contribution in [2.75, 3.05) is 11.1 Å². The van der Waals surface area contributed by atoms with Crippen LogP contribution < -0.4 is 10.9 Å². The molecule has 1 aliphatic rings. The first-order chi connectivity index (χ1) is 13.4. The van der Waals surface area contributed by atoms with Crippen LogP contribution in [0.25, 0.3) is 10.2 Å². The molecule has 0 aromatic carbocycles. The minimum absolute atomic E-state index is 0.0391. The van der Waals surface area contributed by atoms with Crippen molar-refractivity contribution in [1.29, 1.82) is 0 Å². The molecular weight excluding hydrogens is 412 g/mol. The number of rotatable bonds is 5. The first-order valence-corrected chi connectivity index (χ1v) is 12.0. The van der Waals surface area contributed by atoms with E-state index in [2.05, 4.69) is 10.3 Å². The molecule has 0 bridgehead atoms. The van der Waals surface area contributed by atoms with Gasteiger partial charge in [-0.3, -0.25) is 14.2 Å². The number of thiazole rings is 1. The Morgan fingerprint density at radius 3 is 2.71 bits per heavy atom. The molecular formula is C19H22N4O2S3. The average Bonchev–Trinajstić information content (AvgIpc) is 3.36. The number of nitrogens with one attached hydrogen (secondary N) is 1. The number of thiophene rings is 1. The normalized spacial score (nSPS) is 14.8. The third-order valence-corrected chi connectivity index (χ3v) is 8.02. The van der Waals surface area contributed by atoms with Gasteiger partial charge in [0.2, 0.25) is 5.91 Å². The van der Waals surface area contributed by atoms with Gasteiger partial charge in [-0.2, -0.15) is 0 Å². The fraction of sp³-hybridized carbons (Fsp3) is 0.474. The molecule has 3 aromatic heterocycles. The first-order valence-electron chi connectivity index (χ1n) is 9.31. The summed E-state index contributed by atoms with van der Waals surface area (Å²) in [7, 11) is 0. The zero-order valence-corrected chi connectivity index (χ0v) is 18.5. The van der Waals surface area contributed by atoms with E-state index in [9.17, 15) is 9.59 Å². The van der Waals surface area contributed by atoms with Gasteiger partial charge in [0, 0.05) is 16.3 Å². The second-order valence-corrected chi connectivity index (χ2v) is 10.1. The van der Waals surface area contributed by atoms with Crippen molar-refractivity contribution < 1.29 is 4.79 Å². The molecule has 1 amide bonds. The second kappa shape index (κ2) is 7.96. The van der Waals surface area contributed by atoms with Gasteiger partial charge in [0.05, 0.1) is 16.8 Å². The highest BCUT2D eigenvalue weighted by atomic mass is 32.2. The number of anilines is 1. The van der Waals surface area contributed by atoms with Crippen LogP contribution in [0.15, 0.2) is 15.3 Å². The summed E-state index contributed by atoms with van der Waals surface area (Å²) in [6.45, 7) is 5.91. The van der Waals surface area contributed by atoms with E-state index in [1.165, 1.54) is 23.1 Å². The topological polar surface area (TPSA) is 76.9 Å². The number of aryl methyl sites for hydroxylation is 3. The molecule has 1 saturated carbocycles. The molecule has 0 unspecified atom stereocenters.